The first kappa shape index (κ1) is 28.9. The molecule has 204 valence electrons. The van der Waals surface area contributed by atoms with Gasteiger partial charge in [0.2, 0.25) is 10.0 Å². The maximum absolute atomic E-state index is 13.7. The molecule has 0 bridgehead atoms. The van der Waals surface area contributed by atoms with Crippen molar-refractivity contribution in [3.63, 3.8) is 0 Å². The van der Waals surface area contributed by atoms with Crippen molar-refractivity contribution < 1.29 is 44.6 Å². The molecule has 1 aliphatic carbocycles. The van der Waals surface area contributed by atoms with Gasteiger partial charge in [-0.15, -0.1) is 0 Å². The summed E-state index contributed by atoms with van der Waals surface area (Å²) in [6.45, 7) is 2.59. The lowest BCUT2D eigenvalue weighted by Crippen LogP contribution is -2.34. The molecule has 37 heavy (non-hydrogen) atoms. The third-order valence-corrected chi connectivity index (χ3v) is 9.92. The largest absolute Gasteiger partial charge is 0.482 e. The molecule has 0 saturated heterocycles. The molecule has 1 N–H and O–H groups in total. The molecule has 0 unspecified atom stereocenters. The summed E-state index contributed by atoms with van der Waals surface area (Å²) >= 11 is 0. The van der Waals surface area contributed by atoms with Crippen LogP contribution in [-0.4, -0.2) is 51.6 Å². The first-order chi connectivity index (χ1) is 17.0. The Labute approximate surface area is 214 Å². The van der Waals surface area contributed by atoms with Gasteiger partial charge in [-0.25, -0.2) is 21.6 Å². The Balaban J connectivity index is 2.09. The topological polar surface area (TPSA) is 118 Å². The van der Waals surface area contributed by atoms with Gasteiger partial charge in [0.1, 0.15) is 5.75 Å². The lowest BCUT2D eigenvalue weighted by molar-refractivity contribution is -0.139. The van der Waals surface area contributed by atoms with E-state index in [2.05, 4.69) is 0 Å². The fourth-order valence-electron chi connectivity index (χ4n) is 4.38. The Bertz CT molecular complexity index is 1390. The van der Waals surface area contributed by atoms with E-state index < -0.39 is 71.7 Å². The van der Waals surface area contributed by atoms with Gasteiger partial charge in [0.05, 0.1) is 27.1 Å². The molecule has 0 amide bonds. The molecule has 0 aliphatic heterocycles. The molecular formula is C24H28F3NO7S2. The highest BCUT2D eigenvalue weighted by molar-refractivity contribution is 7.91. The summed E-state index contributed by atoms with van der Waals surface area (Å²) in [5.74, 6) is -1.73. The number of hydrogen-bond acceptors (Lipinski definition) is 6. The lowest BCUT2D eigenvalue weighted by Gasteiger charge is -2.33. The predicted molar refractivity (Wildman–Crippen MR) is 129 cm³/mol. The van der Waals surface area contributed by atoms with Crippen molar-refractivity contribution in [2.75, 3.05) is 19.4 Å². The number of benzene rings is 2. The summed E-state index contributed by atoms with van der Waals surface area (Å²) in [6.07, 6.45) is -3.61. The fourth-order valence-corrected chi connectivity index (χ4v) is 7.57. The number of sulfone groups is 1. The zero-order chi connectivity index (χ0) is 27.8. The predicted octanol–water partition coefficient (Wildman–Crippen LogP) is 4.30. The number of ether oxygens (including phenoxy) is 1. The van der Waals surface area contributed by atoms with E-state index in [-0.39, 0.29) is 5.75 Å². The molecule has 3 rings (SSSR count). The van der Waals surface area contributed by atoms with E-state index in [0.29, 0.717) is 42.5 Å². The van der Waals surface area contributed by atoms with Crippen LogP contribution in [0.1, 0.15) is 49.4 Å². The van der Waals surface area contributed by atoms with Crippen molar-refractivity contribution >= 4 is 25.8 Å². The van der Waals surface area contributed by atoms with Gasteiger partial charge in [0.15, 0.2) is 16.4 Å². The molecule has 2 aromatic carbocycles. The summed E-state index contributed by atoms with van der Waals surface area (Å²) in [5, 5.41) is 8.92. The average Bonchev–Trinajstić information content (AvgIpc) is 2.80. The normalized spacial score (nSPS) is 16.6. The van der Waals surface area contributed by atoms with Crippen LogP contribution in [0.3, 0.4) is 0 Å². The molecule has 1 atom stereocenters. The molecule has 0 aromatic heterocycles. The molecule has 8 nitrogen and oxygen atoms in total. The van der Waals surface area contributed by atoms with Gasteiger partial charge >= 0.3 is 12.1 Å². The number of sulfonamides is 1. The second kappa shape index (κ2) is 10.6. The lowest BCUT2D eigenvalue weighted by atomic mass is 9.87. The zero-order valence-electron chi connectivity index (χ0n) is 20.4. The van der Waals surface area contributed by atoms with E-state index in [1.54, 1.807) is 32.0 Å². The number of carboxylic acid groups (broad SMARTS) is 1. The minimum absolute atomic E-state index is 0.288. The molecule has 0 heterocycles. The number of carboxylic acids is 1. The molecule has 13 heteroatoms. The van der Waals surface area contributed by atoms with E-state index >= 15 is 0 Å². The quantitative estimate of drug-likeness (QED) is 0.483. The molecular weight excluding hydrogens is 535 g/mol. The van der Waals surface area contributed by atoms with Crippen LogP contribution < -0.4 is 4.74 Å². The number of halogens is 3. The number of aliphatic carboxylic acids is 1. The van der Waals surface area contributed by atoms with Crippen molar-refractivity contribution in [2.24, 2.45) is 5.92 Å². The highest BCUT2D eigenvalue weighted by Crippen LogP contribution is 2.41. The maximum Gasteiger partial charge on any atom is 0.416 e. The van der Waals surface area contributed by atoms with Crippen LogP contribution in [0, 0.1) is 5.92 Å². The Hall–Kier alpha value is -2.64. The molecule has 0 spiro atoms. The van der Waals surface area contributed by atoms with Gasteiger partial charge in [-0.2, -0.15) is 17.5 Å². The van der Waals surface area contributed by atoms with Crippen LogP contribution in [0.4, 0.5) is 13.2 Å². The SMILES string of the molecule is CC(C)CS(=O)(=O)c1cc(C(F)(F)F)cc(S(=O)(=O)N(C)[C@@H]2CCCc3c(OCC(=O)O)cccc32)c1. The van der Waals surface area contributed by atoms with E-state index in [1.807, 2.05) is 0 Å². The van der Waals surface area contributed by atoms with Gasteiger partial charge in [-0.3, -0.25) is 0 Å². The summed E-state index contributed by atoms with van der Waals surface area (Å²) in [4.78, 5) is 9.43. The Morgan fingerprint density at radius 2 is 1.78 bits per heavy atom. The average molecular weight is 564 g/mol. The smallest absolute Gasteiger partial charge is 0.416 e. The number of rotatable bonds is 9. The standard InChI is InChI=1S/C24H28F3NO7S2/c1-15(2)14-36(31,32)17-10-16(24(25,26)27)11-18(12-17)37(33,34)28(3)21-8-4-7-20-19(21)6-5-9-22(20)35-13-23(29)30/h5-6,9-12,15,21H,4,7-8,13-14H2,1-3H3,(H,29,30)/t21-/m1/s1. The van der Waals surface area contributed by atoms with Gasteiger partial charge < -0.3 is 9.84 Å². The number of carbonyl (C=O) groups is 1. The highest BCUT2D eigenvalue weighted by atomic mass is 32.2. The van der Waals surface area contributed by atoms with Crippen LogP contribution in [0.5, 0.6) is 5.75 Å². The van der Waals surface area contributed by atoms with Gasteiger partial charge in [-0.05, 0) is 60.6 Å². The third kappa shape index (κ3) is 6.44. The third-order valence-electron chi connectivity index (χ3n) is 6.02. The van der Waals surface area contributed by atoms with Crippen molar-refractivity contribution in [2.45, 2.75) is 55.1 Å². The summed E-state index contributed by atoms with van der Waals surface area (Å²) in [5.41, 5.74) is -0.219. The van der Waals surface area contributed by atoms with Gasteiger partial charge in [-0.1, -0.05) is 26.0 Å². The van der Waals surface area contributed by atoms with E-state index in [4.69, 9.17) is 9.84 Å². The molecule has 2 aromatic rings. The first-order valence-corrected chi connectivity index (χ1v) is 14.5. The number of nitrogens with zero attached hydrogens (tertiary/aromatic N) is 1. The minimum Gasteiger partial charge on any atom is -0.482 e. The Morgan fingerprint density at radius 3 is 2.38 bits per heavy atom. The van der Waals surface area contributed by atoms with Crippen molar-refractivity contribution in [3.05, 3.63) is 53.1 Å². The zero-order valence-corrected chi connectivity index (χ0v) is 22.1. The van der Waals surface area contributed by atoms with Crippen molar-refractivity contribution in [3.8, 4) is 5.75 Å². The summed E-state index contributed by atoms with van der Waals surface area (Å²) < 4.78 is 99.9. The second-order valence-corrected chi connectivity index (χ2v) is 13.3. The molecule has 1 aliphatic rings. The van der Waals surface area contributed by atoms with E-state index in [1.165, 1.54) is 7.05 Å². The minimum atomic E-state index is -4.97. The molecule has 0 saturated carbocycles. The van der Waals surface area contributed by atoms with Crippen LogP contribution in [0.15, 0.2) is 46.2 Å². The van der Waals surface area contributed by atoms with Crippen molar-refractivity contribution in [1.82, 2.24) is 4.31 Å². The van der Waals surface area contributed by atoms with Crippen LogP contribution in [-0.2, 0) is 37.3 Å². The Morgan fingerprint density at radius 1 is 1.14 bits per heavy atom. The fraction of sp³-hybridized carbons (Fsp3) is 0.458. The maximum atomic E-state index is 13.7. The van der Waals surface area contributed by atoms with Gasteiger partial charge in [0.25, 0.3) is 0 Å². The number of fused-ring (bicyclic) bond motifs is 1. The van der Waals surface area contributed by atoms with Gasteiger partial charge in [0, 0.05) is 7.05 Å². The summed E-state index contributed by atoms with van der Waals surface area (Å²) in [7, 11) is -7.55. The van der Waals surface area contributed by atoms with Crippen molar-refractivity contribution in [1.29, 1.82) is 0 Å². The Kier molecular flexibility index (Phi) is 8.30. The number of alkyl halides is 3. The van der Waals surface area contributed by atoms with E-state index in [0.717, 1.165) is 10.4 Å². The van der Waals surface area contributed by atoms with Crippen LogP contribution in [0.2, 0.25) is 0 Å². The summed E-state index contributed by atoms with van der Waals surface area (Å²) in [6, 6.07) is 5.69. The highest BCUT2D eigenvalue weighted by Gasteiger charge is 2.37. The van der Waals surface area contributed by atoms with E-state index in [9.17, 15) is 34.8 Å². The van der Waals surface area contributed by atoms with Crippen LogP contribution in [0.25, 0.3) is 0 Å². The van der Waals surface area contributed by atoms with Crippen LogP contribution >= 0.6 is 0 Å². The second-order valence-electron chi connectivity index (χ2n) is 9.30. The molecule has 0 radical (unpaired) electrons. The number of hydrogen-bond donors (Lipinski definition) is 1. The first-order valence-electron chi connectivity index (χ1n) is 11.4. The monoisotopic (exact) mass is 563 g/mol. The molecule has 0 fully saturated rings.